The van der Waals surface area contributed by atoms with Crippen molar-refractivity contribution in [3.63, 3.8) is 0 Å². The van der Waals surface area contributed by atoms with E-state index in [9.17, 15) is 23.4 Å². The lowest BCUT2D eigenvalue weighted by atomic mass is 10.1. The topological polar surface area (TPSA) is 94.9 Å². The van der Waals surface area contributed by atoms with Crippen LogP contribution >= 0.6 is 11.3 Å². The van der Waals surface area contributed by atoms with E-state index in [1.807, 2.05) is 31.2 Å². The standard InChI is InChI=1S/C18H17NO5S2/c1-12-2-4-13(5-3-12)6-7-15-8-9-17(25-15)26(23,24)19-11-14(20)10-16(19)18(21)22/h2-5,8-9,14,16,20H,10-11H2,1H3,(H,21,22)/t14-,16-/m1/s1. The Hall–Kier alpha value is -2.18. The smallest absolute Gasteiger partial charge is 0.322 e. The highest BCUT2D eigenvalue weighted by atomic mass is 32.2. The van der Waals surface area contributed by atoms with Crippen molar-refractivity contribution in [1.29, 1.82) is 0 Å². The van der Waals surface area contributed by atoms with Gasteiger partial charge in [-0.1, -0.05) is 29.5 Å². The van der Waals surface area contributed by atoms with E-state index >= 15 is 0 Å². The normalized spacial score (nSPS) is 20.5. The fourth-order valence-corrected chi connectivity index (χ4v) is 5.61. The molecule has 2 atom stereocenters. The minimum absolute atomic E-state index is 0.0195. The first-order valence-corrected chi connectivity index (χ1v) is 10.1. The number of hydrogen-bond donors (Lipinski definition) is 2. The molecule has 1 aromatic carbocycles. The quantitative estimate of drug-likeness (QED) is 0.776. The third-order valence-electron chi connectivity index (χ3n) is 4.04. The minimum atomic E-state index is -3.99. The molecular weight excluding hydrogens is 374 g/mol. The molecule has 2 heterocycles. The van der Waals surface area contributed by atoms with Crippen molar-refractivity contribution in [2.45, 2.75) is 29.7 Å². The van der Waals surface area contributed by atoms with Crippen LogP contribution < -0.4 is 0 Å². The Morgan fingerprint density at radius 1 is 1.19 bits per heavy atom. The van der Waals surface area contributed by atoms with Gasteiger partial charge in [-0.2, -0.15) is 4.31 Å². The van der Waals surface area contributed by atoms with Gasteiger partial charge in [-0.25, -0.2) is 8.42 Å². The number of aliphatic hydroxyl groups is 1. The van der Waals surface area contributed by atoms with Crippen molar-refractivity contribution in [2.75, 3.05) is 6.54 Å². The molecule has 0 unspecified atom stereocenters. The molecule has 136 valence electrons. The summed E-state index contributed by atoms with van der Waals surface area (Å²) in [7, 11) is -3.99. The van der Waals surface area contributed by atoms with Crippen LogP contribution in [0.4, 0.5) is 0 Å². The van der Waals surface area contributed by atoms with E-state index in [1.54, 1.807) is 6.07 Å². The average molecular weight is 391 g/mol. The van der Waals surface area contributed by atoms with E-state index in [0.717, 1.165) is 26.8 Å². The van der Waals surface area contributed by atoms with Crippen LogP contribution in [0.3, 0.4) is 0 Å². The van der Waals surface area contributed by atoms with E-state index in [2.05, 4.69) is 11.8 Å². The molecule has 1 aliphatic rings. The van der Waals surface area contributed by atoms with Gasteiger partial charge in [-0.05, 0) is 31.2 Å². The zero-order valence-corrected chi connectivity index (χ0v) is 15.5. The molecule has 1 saturated heterocycles. The number of benzene rings is 1. The van der Waals surface area contributed by atoms with Crippen LogP contribution in [0, 0.1) is 18.8 Å². The van der Waals surface area contributed by atoms with Crippen LogP contribution in [-0.2, 0) is 14.8 Å². The predicted octanol–water partition coefficient (Wildman–Crippen LogP) is 1.66. The molecule has 1 aliphatic heterocycles. The molecule has 0 amide bonds. The second kappa shape index (κ2) is 7.21. The fraction of sp³-hybridized carbons (Fsp3) is 0.278. The lowest BCUT2D eigenvalue weighted by Gasteiger charge is -2.19. The van der Waals surface area contributed by atoms with Gasteiger partial charge in [0.1, 0.15) is 10.3 Å². The average Bonchev–Trinajstić information content (AvgIpc) is 3.21. The Morgan fingerprint density at radius 3 is 2.54 bits per heavy atom. The summed E-state index contributed by atoms with van der Waals surface area (Å²) < 4.78 is 26.3. The summed E-state index contributed by atoms with van der Waals surface area (Å²) in [6.45, 7) is 1.76. The van der Waals surface area contributed by atoms with Gasteiger partial charge in [0.2, 0.25) is 0 Å². The maximum Gasteiger partial charge on any atom is 0.322 e. The number of aliphatic hydroxyl groups excluding tert-OH is 1. The molecule has 2 aromatic rings. The van der Waals surface area contributed by atoms with Gasteiger partial charge >= 0.3 is 5.97 Å². The highest BCUT2D eigenvalue weighted by Gasteiger charge is 2.44. The lowest BCUT2D eigenvalue weighted by molar-refractivity contribution is -0.140. The summed E-state index contributed by atoms with van der Waals surface area (Å²) in [5.74, 6) is 4.64. The third-order valence-corrected chi connectivity index (χ3v) is 7.39. The largest absolute Gasteiger partial charge is 0.480 e. The Labute approximate surface area is 155 Å². The number of carboxylic acid groups (broad SMARTS) is 1. The summed E-state index contributed by atoms with van der Waals surface area (Å²) in [6.07, 6.45) is -1.09. The van der Waals surface area contributed by atoms with Gasteiger partial charge in [0, 0.05) is 18.5 Å². The number of carbonyl (C=O) groups is 1. The number of nitrogens with zero attached hydrogens (tertiary/aromatic N) is 1. The van der Waals surface area contributed by atoms with Gasteiger partial charge in [0.25, 0.3) is 10.0 Å². The third kappa shape index (κ3) is 3.81. The van der Waals surface area contributed by atoms with Gasteiger partial charge in [-0.15, -0.1) is 11.3 Å². The monoisotopic (exact) mass is 391 g/mol. The van der Waals surface area contributed by atoms with Gasteiger partial charge < -0.3 is 10.2 Å². The molecule has 0 aliphatic carbocycles. The van der Waals surface area contributed by atoms with Crippen LogP contribution in [0.15, 0.2) is 40.6 Å². The number of thiophene rings is 1. The molecule has 1 fully saturated rings. The molecule has 6 nitrogen and oxygen atoms in total. The summed E-state index contributed by atoms with van der Waals surface area (Å²) in [4.78, 5) is 11.9. The summed E-state index contributed by atoms with van der Waals surface area (Å²) in [5.41, 5.74) is 1.95. The van der Waals surface area contributed by atoms with Crippen LogP contribution in [0.2, 0.25) is 0 Å². The maximum absolute atomic E-state index is 12.7. The van der Waals surface area contributed by atoms with Crippen molar-refractivity contribution < 1.29 is 23.4 Å². The van der Waals surface area contributed by atoms with Crippen molar-refractivity contribution in [1.82, 2.24) is 4.31 Å². The van der Waals surface area contributed by atoms with Crippen molar-refractivity contribution >= 4 is 27.3 Å². The number of β-amino-alcohol motifs (C(OH)–C–C–N with tert-alkyl or cyclic N) is 1. The van der Waals surface area contributed by atoms with Gasteiger partial charge in [0.15, 0.2) is 0 Å². The number of aryl methyl sites for hydroxylation is 1. The van der Waals surface area contributed by atoms with Crippen molar-refractivity contribution in [2.24, 2.45) is 0 Å². The Bertz CT molecular complexity index is 983. The highest BCUT2D eigenvalue weighted by molar-refractivity contribution is 7.91. The van der Waals surface area contributed by atoms with Crippen LogP contribution in [0.25, 0.3) is 0 Å². The molecule has 26 heavy (non-hydrogen) atoms. The number of carboxylic acids is 1. The lowest BCUT2D eigenvalue weighted by Crippen LogP contribution is -2.40. The fourth-order valence-electron chi connectivity index (χ4n) is 2.69. The highest BCUT2D eigenvalue weighted by Crippen LogP contribution is 2.30. The SMILES string of the molecule is Cc1ccc(C#Cc2ccc(S(=O)(=O)N3C[C@H](O)C[C@@H]3C(=O)O)s2)cc1. The molecule has 0 bridgehead atoms. The van der Waals surface area contributed by atoms with E-state index in [1.165, 1.54) is 6.07 Å². The summed E-state index contributed by atoms with van der Waals surface area (Å²) in [5, 5.41) is 18.9. The number of sulfonamides is 1. The Kier molecular flexibility index (Phi) is 5.16. The van der Waals surface area contributed by atoms with E-state index in [0.29, 0.717) is 4.88 Å². The molecule has 0 radical (unpaired) electrons. The molecule has 2 N–H and O–H groups in total. The zero-order chi connectivity index (χ0) is 18.9. The molecule has 1 aromatic heterocycles. The second-order valence-electron chi connectivity index (χ2n) is 6.05. The van der Waals surface area contributed by atoms with Gasteiger partial charge in [-0.3, -0.25) is 4.79 Å². The second-order valence-corrected chi connectivity index (χ2v) is 9.25. The molecule has 8 heteroatoms. The minimum Gasteiger partial charge on any atom is -0.480 e. The summed E-state index contributed by atoms with van der Waals surface area (Å²) in [6, 6.07) is 9.43. The van der Waals surface area contributed by atoms with Crippen molar-refractivity contribution in [3.05, 3.63) is 52.4 Å². The number of rotatable bonds is 3. The molecule has 3 rings (SSSR count). The first-order valence-electron chi connectivity index (χ1n) is 7.88. The predicted molar refractivity (Wildman–Crippen MR) is 97.4 cm³/mol. The van der Waals surface area contributed by atoms with Crippen LogP contribution in [0.5, 0.6) is 0 Å². The number of hydrogen-bond acceptors (Lipinski definition) is 5. The van der Waals surface area contributed by atoms with E-state index < -0.39 is 28.1 Å². The Balaban J connectivity index is 1.85. The first-order chi connectivity index (χ1) is 12.3. The van der Waals surface area contributed by atoms with Crippen molar-refractivity contribution in [3.8, 4) is 11.8 Å². The Morgan fingerprint density at radius 2 is 1.88 bits per heavy atom. The van der Waals surface area contributed by atoms with Crippen LogP contribution in [-0.4, -0.2) is 47.6 Å². The van der Waals surface area contributed by atoms with E-state index in [-0.39, 0.29) is 17.2 Å². The molecule has 0 spiro atoms. The van der Waals surface area contributed by atoms with E-state index in [4.69, 9.17) is 0 Å². The van der Waals surface area contributed by atoms with Gasteiger partial charge in [0.05, 0.1) is 11.0 Å². The number of aliphatic carboxylic acids is 1. The maximum atomic E-state index is 12.7. The molecule has 0 saturated carbocycles. The summed E-state index contributed by atoms with van der Waals surface area (Å²) >= 11 is 0.986. The van der Waals surface area contributed by atoms with Crippen LogP contribution in [0.1, 0.15) is 22.4 Å². The molecular formula is C18H17NO5S2. The first kappa shape index (κ1) is 18.6. The zero-order valence-electron chi connectivity index (χ0n) is 13.9.